The first kappa shape index (κ1) is 11.0. The lowest BCUT2D eigenvalue weighted by molar-refractivity contribution is 0.674. The van der Waals surface area contributed by atoms with Crippen molar-refractivity contribution >= 4 is 11.2 Å². The third-order valence-electron chi connectivity index (χ3n) is 2.64. The number of nitrogens with one attached hydrogen (secondary N) is 1. The summed E-state index contributed by atoms with van der Waals surface area (Å²) in [6.07, 6.45) is 5.10. The summed E-state index contributed by atoms with van der Waals surface area (Å²) in [6, 6.07) is 0. The van der Waals surface area contributed by atoms with Crippen molar-refractivity contribution in [2.45, 2.75) is 6.54 Å². The maximum absolute atomic E-state index is 12.0. The summed E-state index contributed by atoms with van der Waals surface area (Å²) in [5.41, 5.74) is -1.25. The van der Waals surface area contributed by atoms with E-state index in [-0.39, 0.29) is 17.7 Å². The van der Waals surface area contributed by atoms with E-state index in [1.807, 2.05) is 0 Å². The van der Waals surface area contributed by atoms with Crippen LogP contribution in [0.5, 0.6) is 0 Å². The molecule has 0 saturated heterocycles. The van der Waals surface area contributed by atoms with Crippen molar-refractivity contribution in [2.24, 2.45) is 14.1 Å². The van der Waals surface area contributed by atoms with E-state index >= 15 is 0 Å². The molecule has 7 heteroatoms. The first-order valence-electron chi connectivity index (χ1n) is 4.81. The van der Waals surface area contributed by atoms with Crippen LogP contribution in [0.25, 0.3) is 11.2 Å². The molecule has 0 aromatic carbocycles. The average Bonchev–Trinajstić information content (AvgIpc) is 2.59. The largest absolute Gasteiger partial charge is 0.333 e. The van der Waals surface area contributed by atoms with Gasteiger partial charge in [0.15, 0.2) is 5.52 Å². The molecule has 1 N–H and O–H groups in total. The van der Waals surface area contributed by atoms with Crippen molar-refractivity contribution in [3.05, 3.63) is 31.3 Å². The molecule has 0 bridgehead atoms. The Hall–Kier alpha value is -2.49. The SMILES string of the molecule is C#CCn1c(=O)c2c([nH]c(=O)n2C)n(C)c1=O. The van der Waals surface area contributed by atoms with Crippen LogP contribution in [0.1, 0.15) is 0 Å². The summed E-state index contributed by atoms with van der Waals surface area (Å²) >= 11 is 0. The van der Waals surface area contributed by atoms with Crippen LogP contribution in [-0.4, -0.2) is 18.7 Å². The van der Waals surface area contributed by atoms with Gasteiger partial charge in [-0.25, -0.2) is 14.2 Å². The number of terminal acetylenes is 1. The van der Waals surface area contributed by atoms with Crippen LogP contribution in [0, 0.1) is 12.3 Å². The van der Waals surface area contributed by atoms with Crippen molar-refractivity contribution in [1.82, 2.24) is 18.7 Å². The van der Waals surface area contributed by atoms with Gasteiger partial charge in [0.05, 0.1) is 6.54 Å². The first-order valence-corrected chi connectivity index (χ1v) is 4.81. The fraction of sp³-hybridized carbons (Fsp3) is 0.300. The molecule has 88 valence electrons. The van der Waals surface area contributed by atoms with Crippen molar-refractivity contribution in [3.63, 3.8) is 0 Å². The van der Waals surface area contributed by atoms with Crippen LogP contribution < -0.4 is 16.9 Å². The van der Waals surface area contributed by atoms with Gasteiger partial charge in [0.2, 0.25) is 0 Å². The number of aromatic nitrogens is 4. The van der Waals surface area contributed by atoms with Crippen LogP contribution in [-0.2, 0) is 20.6 Å². The third-order valence-corrected chi connectivity index (χ3v) is 2.64. The Bertz CT molecular complexity index is 809. The molecule has 0 spiro atoms. The second-order valence-electron chi connectivity index (χ2n) is 3.62. The molecule has 0 aliphatic carbocycles. The highest BCUT2D eigenvalue weighted by Gasteiger charge is 2.15. The number of aromatic amines is 1. The maximum atomic E-state index is 12.0. The fourth-order valence-electron chi connectivity index (χ4n) is 1.71. The van der Waals surface area contributed by atoms with Crippen molar-refractivity contribution in [2.75, 3.05) is 0 Å². The lowest BCUT2D eigenvalue weighted by Gasteiger charge is -2.05. The van der Waals surface area contributed by atoms with E-state index in [2.05, 4.69) is 10.9 Å². The summed E-state index contributed by atoms with van der Waals surface area (Å²) in [7, 11) is 2.92. The number of rotatable bonds is 1. The van der Waals surface area contributed by atoms with Crippen molar-refractivity contribution in [1.29, 1.82) is 0 Å². The van der Waals surface area contributed by atoms with E-state index in [1.165, 1.54) is 18.7 Å². The summed E-state index contributed by atoms with van der Waals surface area (Å²) in [5.74, 6) is 2.24. The number of nitrogens with zero attached hydrogens (tertiary/aromatic N) is 3. The molecule has 2 rings (SSSR count). The molecule has 0 unspecified atom stereocenters. The van der Waals surface area contributed by atoms with Gasteiger partial charge in [0, 0.05) is 14.1 Å². The summed E-state index contributed by atoms with van der Waals surface area (Å²) in [5, 5.41) is 0. The molecule has 0 radical (unpaired) electrons. The van der Waals surface area contributed by atoms with Gasteiger partial charge < -0.3 is 0 Å². The number of H-pyrrole nitrogens is 1. The smallest absolute Gasteiger partial charge is 0.291 e. The fourth-order valence-corrected chi connectivity index (χ4v) is 1.71. The molecule has 0 atom stereocenters. The van der Waals surface area contributed by atoms with E-state index in [9.17, 15) is 14.4 Å². The summed E-state index contributed by atoms with van der Waals surface area (Å²) in [4.78, 5) is 37.7. The number of fused-ring (bicyclic) bond motifs is 1. The van der Waals surface area contributed by atoms with Crippen molar-refractivity contribution in [3.8, 4) is 12.3 Å². The van der Waals surface area contributed by atoms with Crippen molar-refractivity contribution < 1.29 is 0 Å². The van der Waals surface area contributed by atoms with Crippen LogP contribution in [0.3, 0.4) is 0 Å². The number of hydrogen-bond acceptors (Lipinski definition) is 3. The van der Waals surface area contributed by atoms with Crippen LogP contribution in [0.15, 0.2) is 14.4 Å². The van der Waals surface area contributed by atoms with Gasteiger partial charge in [-0.3, -0.25) is 18.9 Å². The average molecular weight is 234 g/mol. The number of aryl methyl sites for hydroxylation is 2. The Morgan fingerprint density at radius 3 is 2.47 bits per heavy atom. The molecule has 0 fully saturated rings. The minimum atomic E-state index is -0.568. The van der Waals surface area contributed by atoms with Gasteiger partial charge >= 0.3 is 11.4 Å². The van der Waals surface area contributed by atoms with Gasteiger partial charge in [-0.1, -0.05) is 5.92 Å². The molecule has 7 nitrogen and oxygen atoms in total. The molecular formula is C10H10N4O3. The standard InChI is InChI=1S/C10H10N4O3/c1-4-5-14-8(15)6-7(13(3)10(14)17)11-9(16)12(6)2/h1H,5H2,2-3H3,(H,11,16). The highest BCUT2D eigenvalue weighted by Crippen LogP contribution is 1.98. The Balaban J connectivity index is 3.14. The second kappa shape index (κ2) is 3.52. The summed E-state index contributed by atoms with van der Waals surface area (Å²) < 4.78 is 3.26. The van der Waals surface area contributed by atoms with E-state index in [4.69, 9.17) is 6.42 Å². The number of imidazole rings is 1. The monoisotopic (exact) mass is 234 g/mol. The van der Waals surface area contributed by atoms with Crippen LogP contribution >= 0.6 is 0 Å². The van der Waals surface area contributed by atoms with E-state index < -0.39 is 16.9 Å². The van der Waals surface area contributed by atoms with E-state index in [1.54, 1.807) is 0 Å². The van der Waals surface area contributed by atoms with Crippen LogP contribution in [0.4, 0.5) is 0 Å². The quantitative estimate of drug-likeness (QED) is 0.601. The molecule has 17 heavy (non-hydrogen) atoms. The lowest BCUT2D eigenvalue weighted by Crippen LogP contribution is -2.39. The van der Waals surface area contributed by atoms with E-state index in [0.717, 1.165) is 9.13 Å². The van der Waals surface area contributed by atoms with Gasteiger partial charge in [-0.2, -0.15) is 0 Å². The molecule has 2 aromatic rings. The molecular weight excluding hydrogens is 224 g/mol. The maximum Gasteiger partial charge on any atom is 0.333 e. The predicted molar refractivity (Wildman–Crippen MR) is 61.9 cm³/mol. The van der Waals surface area contributed by atoms with Gasteiger partial charge in [0.1, 0.15) is 5.65 Å². The Morgan fingerprint density at radius 1 is 1.24 bits per heavy atom. The molecule has 0 aliphatic heterocycles. The Morgan fingerprint density at radius 2 is 1.88 bits per heavy atom. The minimum absolute atomic E-state index is 0.124. The zero-order valence-electron chi connectivity index (χ0n) is 9.35. The highest BCUT2D eigenvalue weighted by atomic mass is 16.2. The molecule has 0 saturated carbocycles. The predicted octanol–water partition coefficient (Wildman–Crippen LogP) is -1.64. The molecule has 0 amide bonds. The van der Waals surface area contributed by atoms with E-state index in [0.29, 0.717) is 0 Å². The topological polar surface area (TPSA) is 81.8 Å². The first-order chi connectivity index (χ1) is 7.99. The van der Waals surface area contributed by atoms with Gasteiger partial charge in [-0.05, 0) is 0 Å². The van der Waals surface area contributed by atoms with Gasteiger partial charge in [-0.15, -0.1) is 6.42 Å². The summed E-state index contributed by atoms with van der Waals surface area (Å²) in [6.45, 7) is -0.124. The zero-order chi connectivity index (χ0) is 12.7. The molecule has 2 heterocycles. The third kappa shape index (κ3) is 1.34. The Labute approximate surface area is 94.9 Å². The minimum Gasteiger partial charge on any atom is -0.291 e. The highest BCUT2D eigenvalue weighted by molar-refractivity contribution is 5.69. The molecule has 2 aromatic heterocycles. The normalized spacial score (nSPS) is 10.6. The second-order valence-corrected chi connectivity index (χ2v) is 3.62. The Kier molecular flexibility index (Phi) is 2.28. The van der Waals surface area contributed by atoms with Crippen LogP contribution in [0.2, 0.25) is 0 Å². The lowest BCUT2D eigenvalue weighted by atomic mass is 10.5. The number of hydrogen-bond donors (Lipinski definition) is 1. The van der Waals surface area contributed by atoms with Gasteiger partial charge in [0.25, 0.3) is 5.56 Å². The molecule has 0 aliphatic rings. The zero-order valence-corrected chi connectivity index (χ0v) is 9.35.